The Bertz CT molecular complexity index is 1000. The van der Waals surface area contributed by atoms with E-state index in [9.17, 15) is 4.79 Å². The zero-order valence-electron chi connectivity index (χ0n) is 17.4. The van der Waals surface area contributed by atoms with Crippen molar-refractivity contribution >= 4 is 21.8 Å². The molecule has 0 aliphatic rings. The summed E-state index contributed by atoms with van der Waals surface area (Å²) in [5.41, 5.74) is 3.90. The van der Waals surface area contributed by atoms with E-state index in [1.54, 1.807) is 14.2 Å². The summed E-state index contributed by atoms with van der Waals surface area (Å²) in [4.78, 5) is 13.1. The molecule has 1 unspecified atom stereocenters. The van der Waals surface area contributed by atoms with Gasteiger partial charge in [-0.25, -0.2) is 0 Å². The van der Waals surface area contributed by atoms with Crippen molar-refractivity contribution in [3.63, 3.8) is 0 Å². The Morgan fingerprint density at radius 2 is 1.67 bits per heavy atom. The number of methoxy groups -OCH3 is 2. The van der Waals surface area contributed by atoms with E-state index in [1.807, 2.05) is 54.6 Å². The first-order valence-corrected chi connectivity index (χ1v) is 10.7. The normalized spacial score (nSPS) is 11.6. The van der Waals surface area contributed by atoms with E-state index in [0.717, 1.165) is 27.6 Å². The van der Waals surface area contributed by atoms with E-state index in [-0.39, 0.29) is 11.9 Å². The van der Waals surface area contributed by atoms with E-state index in [1.165, 1.54) is 0 Å². The first-order chi connectivity index (χ1) is 14.5. The van der Waals surface area contributed by atoms with E-state index < -0.39 is 0 Å². The number of amides is 1. The molecule has 1 amide bonds. The second kappa shape index (κ2) is 10.3. The van der Waals surface area contributed by atoms with Crippen molar-refractivity contribution in [2.24, 2.45) is 0 Å². The van der Waals surface area contributed by atoms with Gasteiger partial charge in [0, 0.05) is 10.0 Å². The standard InChI is InChI=1S/C25H26BrNO3/c1-4-18-15-23(29-2)24(30-3)16-21(18)22(13-17-9-6-5-7-10-17)27-25(28)19-11-8-12-20(26)14-19/h5-12,14-16,22H,4,13H2,1-3H3,(H,27,28). The van der Waals surface area contributed by atoms with E-state index in [0.29, 0.717) is 23.5 Å². The second-order valence-electron chi connectivity index (χ2n) is 6.99. The van der Waals surface area contributed by atoms with Crippen LogP contribution >= 0.6 is 15.9 Å². The molecule has 0 aliphatic carbocycles. The monoisotopic (exact) mass is 467 g/mol. The molecule has 3 rings (SSSR count). The topological polar surface area (TPSA) is 47.6 Å². The van der Waals surface area contributed by atoms with Crippen LogP contribution in [-0.2, 0) is 12.8 Å². The third-order valence-electron chi connectivity index (χ3n) is 5.08. The molecule has 1 atom stereocenters. The number of halogens is 1. The minimum absolute atomic E-state index is 0.117. The lowest BCUT2D eigenvalue weighted by Crippen LogP contribution is -2.30. The number of nitrogens with one attached hydrogen (secondary N) is 1. The molecule has 3 aromatic carbocycles. The molecular formula is C25H26BrNO3. The molecule has 0 saturated heterocycles. The Kier molecular flexibility index (Phi) is 7.52. The zero-order chi connectivity index (χ0) is 21.5. The van der Waals surface area contributed by atoms with Crippen molar-refractivity contribution in [2.45, 2.75) is 25.8 Å². The number of aryl methyl sites for hydroxylation is 1. The molecule has 4 nitrogen and oxygen atoms in total. The fourth-order valence-electron chi connectivity index (χ4n) is 3.53. The Labute approximate surface area is 186 Å². The molecule has 0 spiro atoms. The van der Waals surface area contributed by atoms with Gasteiger partial charge in [0.1, 0.15) is 0 Å². The highest BCUT2D eigenvalue weighted by Crippen LogP contribution is 2.35. The summed E-state index contributed by atoms with van der Waals surface area (Å²) >= 11 is 3.44. The van der Waals surface area contributed by atoms with Crippen molar-refractivity contribution in [3.8, 4) is 11.5 Å². The van der Waals surface area contributed by atoms with Crippen molar-refractivity contribution in [1.29, 1.82) is 0 Å². The molecule has 0 aromatic heterocycles. The smallest absolute Gasteiger partial charge is 0.251 e. The number of ether oxygens (including phenoxy) is 2. The van der Waals surface area contributed by atoms with Gasteiger partial charge in [0.25, 0.3) is 5.91 Å². The summed E-state index contributed by atoms with van der Waals surface area (Å²) < 4.78 is 11.9. The van der Waals surface area contributed by atoms with Crippen molar-refractivity contribution in [1.82, 2.24) is 5.32 Å². The van der Waals surface area contributed by atoms with E-state index in [2.05, 4.69) is 40.3 Å². The van der Waals surface area contributed by atoms with Crippen LogP contribution in [-0.4, -0.2) is 20.1 Å². The number of benzene rings is 3. The summed E-state index contributed by atoms with van der Waals surface area (Å²) in [5, 5.41) is 3.23. The predicted molar refractivity (Wildman–Crippen MR) is 123 cm³/mol. The number of rotatable bonds is 8. The van der Waals surface area contributed by atoms with Crippen LogP contribution in [0.2, 0.25) is 0 Å². The maximum absolute atomic E-state index is 13.1. The van der Waals surface area contributed by atoms with Crippen LogP contribution in [0.3, 0.4) is 0 Å². The lowest BCUT2D eigenvalue weighted by Gasteiger charge is -2.24. The third-order valence-corrected chi connectivity index (χ3v) is 5.57. The molecule has 5 heteroatoms. The SMILES string of the molecule is CCc1cc(OC)c(OC)cc1C(Cc1ccccc1)NC(=O)c1cccc(Br)c1. The third kappa shape index (κ3) is 5.22. The summed E-state index contributed by atoms with van der Waals surface area (Å²) in [5.74, 6) is 1.23. The van der Waals surface area contributed by atoms with Gasteiger partial charge in [0.2, 0.25) is 0 Å². The highest BCUT2D eigenvalue weighted by atomic mass is 79.9. The van der Waals surface area contributed by atoms with Gasteiger partial charge in [-0.3, -0.25) is 4.79 Å². The number of carbonyl (C=O) groups is 1. The molecule has 0 saturated carbocycles. The van der Waals surface area contributed by atoms with Crippen molar-refractivity contribution in [2.75, 3.05) is 14.2 Å². The highest BCUT2D eigenvalue weighted by molar-refractivity contribution is 9.10. The Hall–Kier alpha value is -2.79. The van der Waals surface area contributed by atoms with Gasteiger partial charge in [-0.15, -0.1) is 0 Å². The van der Waals surface area contributed by atoms with Crippen LogP contribution in [0.15, 0.2) is 71.2 Å². The number of carbonyl (C=O) groups excluding carboxylic acids is 1. The quantitative estimate of drug-likeness (QED) is 0.459. The first-order valence-electron chi connectivity index (χ1n) is 9.90. The summed E-state index contributed by atoms with van der Waals surface area (Å²) in [6, 6.07) is 21.3. The van der Waals surface area contributed by atoms with Gasteiger partial charge >= 0.3 is 0 Å². The molecule has 0 heterocycles. The molecule has 1 N–H and O–H groups in total. The number of hydrogen-bond donors (Lipinski definition) is 1. The Balaban J connectivity index is 2.02. The zero-order valence-corrected chi connectivity index (χ0v) is 19.0. The molecular weight excluding hydrogens is 442 g/mol. The minimum Gasteiger partial charge on any atom is -0.493 e. The molecule has 30 heavy (non-hydrogen) atoms. The second-order valence-corrected chi connectivity index (χ2v) is 7.90. The Morgan fingerprint density at radius 3 is 2.30 bits per heavy atom. The van der Waals surface area contributed by atoms with Gasteiger partial charge in [-0.2, -0.15) is 0 Å². The van der Waals surface area contributed by atoms with Crippen LogP contribution in [0, 0.1) is 0 Å². The fourth-order valence-corrected chi connectivity index (χ4v) is 3.93. The van der Waals surface area contributed by atoms with Gasteiger partial charge < -0.3 is 14.8 Å². The molecule has 0 aliphatic heterocycles. The predicted octanol–water partition coefficient (Wildman–Crippen LogP) is 5.74. The molecule has 3 aromatic rings. The maximum atomic E-state index is 13.1. The maximum Gasteiger partial charge on any atom is 0.251 e. The van der Waals surface area contributed by atoms with Gasteiger partial charge in [-0.05, 0) is 59.9 Å². The van der Waals surface area contributed by atoms with E-state index >= 15 is 0 Å². The molecule has 0 radical (unpaired) electrons. The van der Waals surface area contributed by atoms with Crippen LogP contribution in [0.5, 0.6) is 11.5 Å². The van der Waals surface area contributed by atoms with Crippen molar-refractivity contribution < 1.29 is 14.3 Å². The van der Waals surface area contributed by atoms with Crippen LogP contribution in [0.1, 0.15) is 40.0 Å². The average Bonchev–Trinajstić information content (AvgIpc) is 2.78. The van der Waals surface area contributed by atoms with E-state index in [4.69, 9.17) is 9.47 Å². The van der Waals surface area contributed by atoms with Crippen molar-refractivity contribution in [3.05, 3.63) is 93.5 Å². The lowest BCUT2D eigenvalue weighted by molar-refractivity contribution is 0.0936. The highest BCUT2D eigenvalue weighted by Gasteiger charge is 2.21. The average molecular weight is 468 g/mol. The van der Waals surface area contributed by atoms with Crippen LogP contribution in [0.25, 0.3) is 0 Å². The minimum atomic E-state index is -0.214. The molecule has 0 bridgehead atoms. The van der Waals surface area contributed by atoms with Gasteiger partial charge in [0.05, 0.1) is 20.3 Å². The largest absolute Gasteiger partial charge is 0.493 e. The molecule has 156 valence electrons. The van der Waals surface area contributed by atoms with Gasteiger partial charge in [-0.1, -0.05) is 59.3 Å². The lowest BCUT2D eigenvalue weighted by atomic mass is 9.92. The summed E-state index contributed by atoms with van der Waals surface area (Å²) in [6.45, 7) is 2.10. The van der Waals surface area contributed by atoms with Crippen LogP contribution in [0.4, 0.5) is 0 Å². The van der Waals surface area contributed by atoms with Gasteiger partial charge in [0.15, 0.2) is 11.5 Å². The fraction of sp³-hybridized carbons (Fsp3) is 0.240. The number of hydrogen-bond acceptors (Lipinski definition) is 3. The Morgan fingerprint density at radius 1 is 0.967 bits per heavy atom. The molecule has 0 fully saturated rings. The summed E-state index contributed by atoms with van der Waals surface area (Å²) in [6.07, 6.45) is 1.48. The first kappa shape index (κ1) is 21.9. The summed E-state index contributed by atoms with van der Waals surface area (Å²) in [7, 11) is 3.26. The van der Waals surface area contributed by atoms with Crippen LogP contribution < -0.4 is 14.8 Å².